The van der Waals surface area contributed by atoms with Crippen LogP contribution in [0.25, 0.3) is 0 Å². The number of halogens is 1. The van der Waals surface area contributed by atoms with Crippen LogP contribution in [0, 0.1) is 0 Å². The van der Waals surface area contributed by atoms with E-state index >= 15 is 0 Å². The Hall–Kier alpha value is -0.850. The third kappa shape index (κ3) is 2.77. The van der Waals surface area contributed by atoms with Crippen LogP contribution in [0.4, 0.5) is 0 Å². The van der Waals surface area contributed by atoms with Gasteiger partial charge >= 0.3 is 0 Å². The smallest absolute Gasteiger partial charge is 0.257 e. The van der Waals surface area contributed by atoms with Crippen molar-refractivity contribution in [2.75, 3.05) is 26.2 Å². The summed E-state index contributed by atoms with van der Waals surface area (Å²) in [7, 11) is 0. The second-order valence-corrected chi connectivity index (χ2v) is 6.31. The first-order valence-corrected chi connectivity index (χ1v) is 7.90. The van der Waals surface area contributed by atoms with E-state index in [2.05, 4.69) is 20.8 Å². The number of aliphatic hydroxyl groups excluding tert-OH is 1. The molecule has 1 aliphatic carbocycles. The van der Waals surface area contributed by atoms with Crippen molar-refractivity contribution < 1.29 is 14.3 Å². The predicted octanol–water partition coefficient (Wildman–Crippen LogP) is 1.71. The van der Waals surface area contributed by atoms with Gasteiger partial charge < -0.3 is 14.4 Å². The third-order valence-electron chi connectivity index (χ3n) is 4.33. The number of piperazine rings is 1. The summed E-state index contributed by atoms with van der Waals surface area (Å²) in [5, 5.41) is 9.96. The number of furan rings is 1. The van der Waals surface area contributed by atoms with Gasteiger partial charge in [0, 0.05) is 38.3 Å². The first kappa shape index (κ1) is 14.1. The van der Waals surface area contributed by atoms with Gasteiger partial charge in [-0.15, -0.1) is 0 Å². The average Bonchev–Trinajstić information content (AvgIpc) is 3.07. The Balaban J connectivity index is 1.57. The molecule has 2 fully saturated rings. The van der Waals surface area contributed by atoms with Crippen LogP contribution in [-0.4, -0.2) is 59.1 Å². The topological polar surface area (TPSA) is 56.9 Å². The first-order valence-electron chi connectivity index (χ1n) is 7.10. The average molecular weight is 343 g/mol. The molecule has 2 aliphatic rings. The summed E-state index contributed by atoms with van der Waals surface area (Å²) in [6.07, 6.45) is 4.38. The van der Waals surface area contributed by atoms with Crippen LogP contribution < -0.4 is 0 Å². The molecule has 1 N–H and O–H groups in total. The lowest BCUT2D eigenvalue weighted by Crippen LogP contribution is -2.53. The van der Waals surface area contributed by atoms with Crippen LogP contribution in [0.2, 0.25) is 0 Å². The third-order valence-corrected chi connectivity index (χ3v) is 4.74. The Morgan fingerprint density at radius 1 is 1.30 bits per heavy atom. The maximum Gasteiger partial charge on any atom is 0.257 e. The number of carbonyl (C=O) groups is 1. The standard InChI is InChI=1S/C14H19BrN2O3/c15-13-8-10(9-20-13)14(19)17-6-4-16(5-7-17)11-2-1-3-12(11)18/h8-9,11-12,18H,1-7H2/t11-,12-/m0/s1. The molecule has 2 heterocycles. The summed E-state index contributed by atoms with van der Waals surface area (Å²) < 4.78 is 5.70. The van der Waals surface area contributed by atoms with Gasteiger partial charge in [0.2, 0.25) is 0 Å². The highest BCUT2D eigenvalue weighted by Crippen LogP contribution is 2.25. The maximum atomic E-state index is 12.3. The molecule has 0 spiro atoms. The van der Waals surface area contributed by atoms with E-state index in [0.717, 1.165) is 32.4 Å². The minimum atomic E-state index is -0.193. The van der Waals surface area contributed by atoms with Crippen molar-refractivity contribution in [2.24, 2.45) is 0 Å². The number of hydrogen-bond acceptors (Lipinski definition) is 4. The molecular formula is C14H19BrN2O3. The summed E-state index contributed by atoms with van der Waals surface area (Å²) in [6, 6.07) is 1.99. The van der Waals surface area contributed by atoms with Gasteiger partial charge in [0.05, 0.1) is 11.7 Å². The molecule has 0 aromatic carbocycles. The fourth-order valence-corrected chi connectivity index (χ4v) is 3.55. The molecular weight excluding hydrogens is 324 g/mol. The molecule has 1 aromatic heterocycles. The molecule has 5 nitrogen and oxygen atoms in total. The number of hydrogen-bond donors (Lipinski definition) is 1. The maximum absolute atomic E-state index is 12.3. The number of aliphatic hydroxyl groups is 1. The first-order chi connectivity index (χ1) is 9.65. The van der Waals surface area contributed by atoms with Crippen LogP contribution >= 0.6 is 15.9 Å². The molecule has 6 heteroatoms. The zero-order valence-electron chi connectivity index (χ0n) is 11.3. The fourth-order valence-electron chi connectivity index (χ4n) is 3.21. The minimum Gasteiger partial charge on any atom is -0.457 e. The second-order valence-electron chi connectivity index (χ2n) is 5.53. The molecule has 1 saturated carbocycles. The van der Waals surface area contributed by atoms with Gasteiger partial charge in [-0.3, -0.25) is 9.69 Å². The molecule has 1 amide bonds. The molecule has 20 heavy (non-hydrogen) atoms. The molecule has 1 saturated heterocycles. The van der Waals surface area contributed by atoms with Crippen molar-refractivity contribution in [1.82, 2.24) is 9.80 Å². The van der Waals surface area contributed by atoms with Crippen LogP contribution in [0.1, 0.15) is 29.6 Å². The lowest BCUT2D eigenvalue weighted by Gasteiger charge is -2.39. The van der Waals surface area contributed by atoms with Crippen LogP contribution in [0.3, 0.4) is 0 Å². The van der Waals surface area contributed by atoms with Gasteiger partial charge in [0.15, 0.2) is 4.67 Å². The predicted molar refractivity (Wildman–Crippen MR) is 77.5 cm³/mol. The Morgan fingerprint density at radius 3 is 2.60 bits per heavy atom. The normalized spacial score (nSPS) is 28.0. The van der Waals surface area contributed by atoms with Crippen molar-refractivity contribution >= 4 is 21.8 Å². The summed E-state index contributed by atoms with van der Waals surface area (Å²) >= 11 is 3.21. The zero-order valence-corrected chi connectivity index (χ0v) is 12.9. The summed E-state index contributed by atoms with van der Waals surface area (Å²) in [5.41, 5.74) is 0.589. The van der Waals surface area contributed by atoms with E-state index in [4.69, 9.17) is 4.42 Å². The van der Waals surface area contributed by atoms with E-state index < -0.39 is 0 Å². The monoisotopic (exact) mass is 342 g/mol. The van der Waals surface area contributed by atoms with E-state index in [9.17, 15) is 9.90 Å². The lowest BCUT2D eigenvalue weighted by molar-refractivity contribution is 0.0315. The van der Waals surface area contributed by atoms with Gasteiger partial charge in [-0.05, 0) is 35.2 Å². The summed E-state index contributed by atoms with van der Waals surface area (Å²) in [4.78, 5) is 16.5. The quantitative estimate of drug-likeness (QED) is 0.888. The van der Waals surface area contributed by atoms with Crippen molar-refractivity contribution in [3.8, 4) is 0 Å². The molecule has 1 aromatic rings. The Morgan fingerprint density at radius 2 is 2.05 bits per heavy atom. The van der Waals surface area contributed by atoms with Crippen molar-refractivity contribution in [3.63, 3.8) is 0 Å². The Labute approximate surface area is 126 Å². The second kappa shape index (κ2) is 5.87. The molecule has 0 unspecified atom stereocenters. The van der Waals surface area contributed by atoms with Gasteiger partial charge in [-0.2, -0.15) is 0 Å². The Bertz CT molecular complexity index is 483. The molecule has 0 radical (unpaired) electrons. The summed E-state index contributed by atoms with van der Waals surface area (Å²) in [5.74, 6) is 0.0195. The van der Waals surface area contributed by atoms with Crippen molar-refractivity contribution in [2.45, 2.75) is 31.4 Å². The van der Waals surface area contributed by atoms with E-state index in [1.807, 2.05) is 4.90 Å². The SMILES string of the molecule is O=C(c1coc(Br)c1)N1CCN([C@H]2CCC[C@@H]2O)CC1. The largest absolute Gasteiger partial charge is 0.457 e. The van der Waals surface area contributed by atoms with Crippen LogP contribution in [-0.2, 0) is 0 Å². The number of carbonyl (C=O) groups excluding carboxylic acids is 1. The highest BCUT2D eigenvalue weighted by molar-refractivity contribution is 9.10. The molecule has 1 aliphatic heterocycles. The Kier molecular flexibility index (Phi) is 4.14. The van der Waals surface area contributed by atoms with E-state index in [1.165, 1.54) is 6.26 Å². The molecule has 2 atom stereocenters. The van der Waals surface area contributed by atoms with Crippen molar-refractivity contribution in [1.29, 1.82) is 0 Å². The van der Waals surface area contributed by atoms with Crippen LogP contribution in [0.5, 0.6) is 0 Å². The molecule has 3 rings (SSSR count). The van der Waals surface area contributed by atoms with Gasteiger partial charge in [-0.1, -0.05) is 0 Å². The van der Waals surface area contributed by atoms with E-state index in [-0.39, 0.29) is 18.1 Å². The van der Waals surface area contributed by atoms with Crippen molar-refractivity contribution in [3.05, 3.63) is 22.6 Å². The van der Waals surface area contributed by atoms with E-state index in [1.54, 1.807) is 6.07 Å². The number of nitrogens with zero attached hydrogens (tertiary/aromatic N) is 2. The highest BCUT2D eigenvalue weighted by Gasteiger charge is 2.33. The van der Waals surface area contributed by atoms with Gasteiger partial charge in [0.25, 0.3) is 5.91 Å². The van der Waals surface area contributed by atoms with Crippen LogP contribution in [0.15, 0.2) is 21.4 Å². The lowest BCUT2D eigenvalue weighted by atomic mass is 10.1. The van der Waals surface area contributed by atoms with Gasteiger partial charge in [0.1, 0.15) is 6.26 Å². The minimum absolute atomic E-state index is 0.0195. The number of rotatable bonds is 2. The summed E-state index contributed by atoms with van der Waals surface area (Å²) in [6.45, 7) is 3.11. The molecule has 110 valence electrons. The zero-order chi connectivity index (χ0) is 14.1. The fraction of sp³-hybridized carbons (Fsp3) is 0.643. The van der Waals surface area contributed by atoms with Gasteiger partial charge in [-0.25, -0.2) is 0 Å². The highest BCUT2D eigenvalue weighted by atomic mass is 79.9. The van der Waals surface area contributed by atoms with E-state index in [0.29, 0.717) is 23.3 Å². The number of amides is 1. The molecule has 0 bridgehead atoms.